The van der Waals surface area contributed by atoms with Crippen LogP contribution >= 0.6 is 0 Å². The van der Waals surface area contributed by atoms with Crippen molar-refractivity contribution in [3.63, 3.8) is 0 Å². The predicted molar refractivity (Wildman–Crippen MR) is 95.4 cm³/mol. The second-order valence-corrected chi connectivity index (χ2v) is 5.05. The van der Waals surface area contributed by atoms with Crippen molar-refractivity contribution in [3.05, 3.63) is 60.8 Å². The zero-order valence-corrected chi connectivity index (χ0v) is 13.7. The van der Waals surface area contributed by atoms with E-state index in [-0.39, 0.29) is 6.10 Å². The molecule has 0 aromatic carbocycles. The number of rotatable bonds is 12. The van der Waals surface area contributed by atoms with Crippen molar-refractivity contribution in [2.75, 3.05) is 0 Å². The molecule has 0 aromatic heterocycles. The van der Waals surface area contributed by atoms with Crippen molar-refractivity contribution >= 4 is 0 Å². The Bertz CT molecular complexity index is 345. The van der Waals surface area contributed by atoms with Gasteiger partial charge in [0, 0.05) is 0 Å². The van der Waals surface area contributed by atoms with Gasteiger partial charge in [-0.05, 0) is 32.1 Å². The molecule has 0 saturated carbocycles. The van der Waals surface area contributed by atoms with Gasteiger partial charge in [-0.25, -0.2) is 0 Å². The van der Waals surface area contributed by atoms with Gasteiger partial charge in [-0.3, -0.25) is 0 Å². The zero-order chi connectivity index (χ0) is 15.6. The Balaban J connectivity index is 3.53. The minimum Gasteiger partial charge on any atom is -0.389 e. The molecular formula is C20H32O. The van der Waals surface area contributed by atoms with E-state index in [0.29, 0.717) is 0 Å². The molecule has 1 unspecified atom stereocenters. The largest absolute Gasteiger partial charge is 0.389 e. The number of aliphatic hydroxyl groups is 1. The first-order valence-electron chi connectivity index (χ1n) is 8.27. The average molecular weight is 288 g/mol. The SMILES string of the molecule is CCCC/C=C\C/C=C\C/C=C\C/C=C\C=C\C(O)CC. The topological polar surface area (TPSA) is 20.2 Å². The summed E-state index contributed by atoms with van der Waals surface area (Å²) >= 11 is 0. The van der Waals surface area contributed by atoms with E-state index in [0.717, 1.165) is 25.7 Å². The molecule has 0 heterocycles. The number of allylic oxidation sites excluding steroid dienone is 9. The molecule has 0 radical (unpaired) electrons. The highest BCUT2D eigenvalue weighted by atomic mass is 16.3. The summed E-state index contributed by atoms with van der Waals surface area (Å²) in [6.45, 7) is 4.19. The molecule has 0 bridgehead atoms. The third-order valence-electron chi connectivity index (χ3n) is 3.04. The summed E-state index contributed by atoms with van der Waals surface area (Å²) in [6.07, 6.45) is 28.3. The summed E-state index contributed by atoms with van der Waals surface area (Å²) in [5, 5.41) is 9.31. The molecule has 1 nitrogen and oxygen atoms in total. The van der Waals surface area contributed by atoms with Crippen LogP contribution in [-0.4, -0.2) is 11.2 Å². The molecule has 21 heavy (non-hydrogen) atoms. The first-order valence-corrected chi connectivity index (χ1v) is 8.27. The Labute approximate surface area is 131 Å². The molecular weight excluding hydrogens is 256 g/mol. The Hall–Kier alpha value is -1.34. The highest BCUT2D eigenvalue weighted by Crippen LogP contribution is 1.98. The fraction of sp³-hybridized carbons (Fsp3) is 0.500. The summed E-state index contributed by atoms with van der Waals surface area (Å²) in [5.41, 5.74) is 0. The quantitative estimate of drug-likeness (QED) is 0.269. The highest BCUT2D eigenvalue weighted by Gasteiger charge is 1.88. The first kappa shape index (κ1) is 19.7. The van der Waals surface area contributed by atoms with E-state index in [1.54, 1.807) is 0 Å². The molecule has 1 atom stereocenters. The van der Waals surface area contributed by atoms with Crippen molar-refractivity contribution < 1.29 is 5.11 Å². The zero-order valence-electron chi connectivity index (χ0n) is 13.7. The van der Waals surface area contributed by atoms with Gasteiger partial charge < -0.3 is 5.11 Å². The standard InChI is InChI=1S/C20H32O/c1-3-5-6-7-8-9-10-11-12-13-14-15-16-17-18-19-20(21)4-2/h7-8,10-11,13-14,16-21H,3-6,9,12,15H2,1-2H3/b8-7-,11-10-,14-13-,17-16-,19-18+. The monoisotopic (exact) mass is 288 g/mol. The maximum absolute atomic E-state index is 9.31. The van der Waals surface area contributed by atoms with Crippen LogP contribution in [0.3, 0.4) is 0 Å². The van der Waals surface area contributed by atoms with E-state index in [1.165, 1.54) is 19.3 Å². The predicted octanol–water partition coefficient (Wildman–Crippen LogP) is 5.90. The minimum atomic E-state index is -0.314. The van der Waals surface area contributed by atoms with E-state index in [1.807, 2.05) is 25.2 Å². The fourth-order valence-electron chi connectivity index (χ4n) is 1.64. The molecule has 1 N–H and O–H groups in total. The molecule has 0 aliphatic rings. The minimum absolute atomic E-state index is 0.314. The molecule has 0 spiro atoms. The second kappa shape index (κ2) is 16.7. The fourth-order valence-corrected chi connectivity index (χ4v) is 1.64. The van der Waals surface area contributed by atoms with Crippen LogP contribution in [0, 0.1) is 0 Å². The lowest BCUT2D eigenvalue weighted by Gasteiger charge is -1.95. The molecule has 0 fully saturated rings. The van der Waals surface area contributed by atoms with Crippen LogP contribution in [0.4, 0.5) is 0 Å². The van der Waals surface area contributed by atoms with Gasteiger partial charge in [-0.1, -0.05) is 87.4 Å². The van der Waals surface area contributed by atoms with Crippen molar-refractivity contribution in [3.8, 4) is 0 Å². The molecule has 0 aliphatic carbocycles. The molecule has 0 amide bonds. The van der Waals surface area contributed by atoms with Gasteiger partial charge in [0.05, 0.1) is 6.10 Å². The Kier molecular flexibility index (Phi) is 15.6. The van der Waals surface area contributed by atoms with Crippen LogP contribution in [0.25, 0.3) is 0 Å². The lowest BCUT2D eigenvalue weighted by atomic mass is 10.2. The van der Waals surface area contributed by atoms with Crippen LogP contribution in [-0.2, 0) is 0 Å². The van der Waals surface area contributed by atoms with E-state index in [9.17, 15) is 5.11 Å². The van der Waals surface area contributed by atoms with Crippen molar-refractivity contribution in [2.24, 2.45) is 0 Å². The number of aliphatic hydroxyl groups excluding tert-OH is 1. The Morgan fingerprint density at radius 2 is 1.33 bits per heavy atom. The maximum atomic E-state index is 9.31. The lowest BCUT2D eigenvalue weighted by molar-refractivity contribution is 0.219. The first-order chi connectivity index (χ1) is 10.3. The lowest BCUT2D eigenvalue weighted by Crippen LogP contribution is -1.97. The number of hydrogen-bond donors (Lipinski definition) is 1. The Morgan fingerprint density at radius 1 is 0.762 bits per heavy atom. The number of hydrogen-bond acceptors (Lipinski definition) is 1. The summed E-state index contributed by atoms with van der Waals surface area (Å²) in [7, 11) is 0. The third kappa shape index (κ3) is 16.6. The molecule has 0 aromatic rings. The summed E-state index contributed by atoms with van der Waals surface area (Å²) in [6, 6.07) is 0. The summed E-state index contributed by atoms with van der Waals surface area (Å²) in [4.78, 5) is 0. The van der Waals surface area contributed by atoms with Gasteiger partial charge in [0.25, 0.3) is 0 Å². The molecule has 0 aliphatic heterocycles. The summed E-state index contributed by atoms with van der Waals surface area (Å²) < 4.78 is 0. The number of unbranched alkanes of at least 4 members (excludes halogenated alkanes) is 2. The van der Waals surface area contributed by atoms with E-state index < -0.39 is 0 Å². The highest BCUT2D eigenvalue weighted by molar-refractivity contribution is 5.07. The van der Waals surface area contributed by atoms with Crippen molar-refractivity contribution in [1.29, 1.82) is 0 Å². The van der Waals surface area contributed by atoms with Crippen molar-refractivity contribution in [2.45, 2.75) is 64.9 Å². The smallest absolute Gasteiger partial charge is 0.0721 e. The van der Waals surface area contributed by atoms with Gasteiger partial charge in [-0.15, -0.1) is 0 Å². The molecule has 1 heteroatoms. The third-order valence-corrected chi connectivity index (χ3v) is 3.04. The van der Waals surface area contributed by atoms with Gasteiger partial charge in [0.1, 0.15) is 0 Å². The van der Waals surface area contributed by atoms with E-state index in [4.69, 9.17) is 0 Å². The maximum Gasteiger partial charge on any atom is 0.0721 e. The van der Waals surface area contributed by atoms with Gasteiger partial charge in [0.15, 0.2) is 0 Å². The van der Waals surface area contributed by atoms with Crippen LogP contribution in [0.1, 0.15) is 58.8 Å². The molecule has 0 rings (SSSR count). The van der Waals surface area contributed by atoms with Crippen molar-refractivity contribution in [1.82, 2.24) is 0 Å². The average Bonchev–Trinajstić information content (AvgIpc) is 2.50. The van der Waals surface area contributed by atoms with Gasteiger partial charge >= 0.3 is 0 Å². The van der Waals surface area contributed by atoms with Gasteiger partial charge in [-0.2, -0.15) is 0 Å². The summed E-state index contributed by atoms with van der Waals surface area (Å²) in [5.74, 6) is 0. The molecule has 0 saturated heterocycles. The van der Waals surface area contributed by atoms with E-state index in [2.05, 4.69) is 49.5 Å². The molecule has 118 valence electrons. The Morgan fingerprint density at radius 3 is 1.90 bits per heavy atom. The van der Waals surface area contributed by atoms with E-state index >= 15 is 0 Å². The normalized spacial score (nSPS) is 14.6. The van der Waals surface area contributed by atoms with Crippen LogP contribution in [0.15, 0.2) is 60.8 Å². The van der Waals surface area contributed by atoms with Gasteiger partial charge in [0.2, 0.25) is 0 Å². The second-order valence-electron chi connectivity index (χ2n) is 5.05. The van der Waals surface area contributed by atoms with Crippen LogP contribution in [0.2, 0.25) is 0 Å². The van der Waals surface area contributed by atoms with Crippen LogP contribution < -0.4 is 0 Å². The van der Waals surface area contributed by atoms with Crippen LogP contribution in [0.5, 0.6) is 0 Å².